The van der Waals surface area contributed by atoms with Gasteiger partial charge in [-0.3, -0.25) is 10.1 Å². The van der Waals surface area contributed by atoms with Crippen LogP contribution in [-0.2, 0) is 4.74 Å². The lowest BCUT2D eigenvalue weighted by Crippen LogP contribution is -2.36. The van der Waals surface area contributed by atoms with Crippen LogP contribution in [0.15, 0.2) is 74.1 Å². The van der Waals surface area contributed by atoms with Crippen LogP contribution < -0.4 is 0 Å². The first kappa shape index (κ1) is 19.8. The van der Waals surface area contributed by atoms with E-state index in [1.165, 1.54) is 17.7 Å². The normalized spacial score (nSPS) is 18.9. The van der Waals surface area contributed by atoms with Gasteiger partial charge in [0.15, 0.2) is 0 Å². The van der Waals surface area contributed by atoms with Crippen molar-refractivity contribution in [2.75, 3.05) is 26.3 Å². The molecule has 1 aromatic heterocycles. The van der Waals surface area contributed by atoms with Gasteiger partial charge < -0.3 is 14.1 Å². The monoisotopic (exact) mass is 406 g/mol. The van der Waals surface area contributed by atoms with E-state index in [1.807, 2.05) is 6.07 Å². The summed E-state index contributed by atoms with van der Waals surface area (Å²) in [6.07, 6.45) is 8.82. The molecule has 0 amide bonds. The van der Waals surface area contributed by atoms with Gasteiger partial charge in [0.05, 0.1) is 36.8 Å². The van der Waals surface area contributed by atoms with Gasteiger partial charge in [0.2, 0.25) is 0 Å². The van der Waals surface area contributed by atoms with Crippen molar-refractivity contribution in [2.45, 2.75) is 12.8 Å². The molecule has 4 rings (SSSR count). The number of hydrogen-bond donors (Lipinski definition) is 0. The van der Waals surface area contributed by atoms with E-state index in [2.05, 4.69) is 21.2 Å². The number of non-ortho nitro benzene ring substituents is 1. The van der Waals surface area contributed by atoms with Gasteiger partial charge in [-0.05, 0) is 59.9 Å². The third-order valence-electron chi connectivity index (χ3n) is 5.05. The Morgan fingerprint density at radius 3 is 2.50 bits per heavy atom. The fourth-order valence-electron chi connectivity index (χ4n) is 3.62. The molecule has 2 heterocycles. The molecule has 0 unspecified atom stereocenters. The molecule has 2 aromatic rings. The number of allylic oxidation sites excluding steroid dienone is 2. The molecular formula is C22H22N4O4. The van der Waals surface area contributed by atoms with Crippen molar-refractivity contribution >= 4 is 24.2 Å². The summed E-state index contributed by atoms with van der Waals surface area (Å²) < 4.78 is 10.7. The topological polar surface area (TPSA) is 93.5 Å². The highest BCUT2D eigenvalue weighted by molar-refractivity contribution is 5.84. The largest absolute Gasteiger partial charge is 0.463 e. The predicted molar refractivity (Wildman–Crippen MR) is 115 cm³/mol. The Hall–Kier alpha value is -3.52. The maximum Gasteiger partial charge on any atom is 0.269 e. The smallest absolute Gasteiger partial charge is 0.269 e. The first-order valence-electron chi connectivity index (χ1n) is 9.82. The molecule has 1 fully saturated rings. The summed E-state index contributed by atoms with van der Waals surface area (Å²) in [5.74, 6) is 0.653. The molecule has 1 aliphatic heterocycles. The van der Waals surface area contributed by atoms with Crippen LogP contribution in [0.25, 0.3) is 6.08 Å². The number of furan rings is 1. The zero-order chi connectivity index (χ0) is 20.8. The number of hydrogen-bond acceptors (Lipinski definition) is 7. The molecule has 0 N–H and O–H groups in total. The molecule has 0 saturated carbocycles. The number of ether oxygens (including phenoxy) is 1. The summed E-state index contributed by atoms with van der Waals surface area (Å²) in [5.41, 5.74) is 4.52. The van der Waals surface area contributed by atoms with Crippen LogP contribution in [0.2, 0.25) is 0 Å². The standard InChI is InChI=1S/C22H22N4O4/c27-26(28)20-7-3-17(4-8-20)14-18-5-6-19(22(18)25-9-12-29-13-10-25)15-23-24-16-21-2-1-11-30-21/h1-4,7-8,11,14-16H,5-6,9-10,12-13H2. The van der Waals surface area contributed by atoms with E-state index >= 15 is 0 Å². The molecule has 30 heavy (non-hydrogen) atoms. The fourth-order valence-corrected chi connectivity index (χ4v) is 3.62. The van der Waals surface area contributed by atoms with E-state index in [-0.39, 0.29) is 10.6 Å². The molecule has 0 bridgehead atoms. The molecule has 8 heteroatoms. The van der Waals surface area contributed by atoms with Gasteiger partial charge in [-0.1, -0.05) is 0 Å². The molecule has 8 nitrogen and oxygen atoms in total. The Bertz CT molecular complexity index is 998. The highest BCUT2D eigenvalue weighted by atomic mass is 16.6. The second-order valence-corrected chi connectivity index (χ2v) is 7.00. The lowest BCUT2D eigenvalue weighted by Gasteiger charge is -2.31. The first-order chi connectivity index (χ1) is 14.7. The highest BCUT2D eigenvalue weighted by Crippen LogP contribution is 2.35. The molecule has 0 atom stereocenters. The van der Waals surface area contributed by atoms with Crippen molar-refractivity contribution in [2.24, 2.45) is 10.2 Å². The number of nitro benzene ring substituents is 1. The summed E-state index contributed by atoms with van der Waals surface area (Å²) in [4.78, 5) is 12.8. The summed E-state index contributed by atoms with van der Waals surface area (Å²) in [6.45, 7) is 3.02. The molecule has 0 spiro atoms. The lowest BCUT2D eigenvalue weighted by molar-refractivity contribution is -0.384. The molecule has 2 aliphatic rings. The van der Waals surface area contributed by atoms with Crippen LogP contribution in [0.1, 0.15) is 24.2 Å². The number of morpholine rings is 1. The van der Waals surface area contributed by atoms with Crippen molar-refractivity contribution in [1.29, 1.82) is 0 Å². The minimum absolute atomic E-state index is 0.0924. The summed E-state index contributed by atoms with van der Waals surface area (Å²) >= 11 is 0. The second-order valence-electron chi connectivity index (χ2n) is 7.00. The minimum Gasteiger partial charge on any atom is -0.463 e. The Kier molecular flexibility index (Phi) is 6.14. The molecule has 154 valence electrons. The fraction of sp³-hybridized carbons (Fsp3) is 0.273. The molecular weight excluding hydrogens is 384 g/mol. The van der Waals surface area contributed by atoms with Gasteiger partial charge in [-0.2, -0.15) is 10.2 Å². The van der Waals surface area contributed by atoms with Crippen molar-refractivity contribution < 1.29 is 14.1 Å². The van der Waals surface area contributed by atoms with E-state index in [0.29, 0.717) is 19.0 Å². The van der Waals surface area contributed by atoms with Gasteiger partial charge in [0.1, 0.15) is 5.76 Å². The van der Waals surface area contributed by atoms with Crippen LogP contribution in [0.3, 0.4) is 0 Å². The zero-order valence-corrected chi connectivity index (χ0v) is 16.4. The van der Waals surface area contributed by atoms with E-state index in [1.54, 1.807) is 36.9 Å². The van der Waals surface area contributed by atoms with Gasteiger partial charge >= 0.3 is 0 Å². The molecule has 1 saturated heterocycles. The third kappa shape index (κ3) is 4.72. The van der Waals surface area contributed by atoms with E-state index < -0.39 is 0 Å². The highest BCUT2D eigenvalue weighted by Gasteiger charge is 2.25. The first-order valence-corrected chi connectivity index (χ1v) is 9.82. The second kappa shape index (κ2) is 9.32. The average Bonchev–Trinajstić information content (AvgIpc) is 3.42. The minimum atomic E-state index is -0.386. The summed E-state index contributed by atoms with van der Waals surface area (Å²) in [7, 11) is 0. The zero-order valence-electron chi connectivity index (χ0n) is 16.4. The van der Waals surface area contributed by atoms with Crippen LogP contribution >= 0.6 is 0 Å². The van der Waals surface area contributed by atoms with E-state index in [0.717, 1.165) is 42.8 Å². The summed E-state index contributed by atoms with van der Waals surface area (Å²) in [5, 5.41) is 19.2. The number of nitro groups is 1. The Labute approximate surface area is 174 Å². The van der Waals surface area contributed by atoms with Gasteiger partial charge in [0.25, 0.3) is 5.69 Å². The Balaban J connectivity index is 1.60. The number of benzene rings is 1. The lowest BCUT2D eigenvalue weighted by atomic mass is 10.1. The third-order valence-corrected chi connectivity index (χ3v) is 5.05. The van der Waals surface area contributed by atoms with Gasteiger partial charge in [0, 0.05) is 30.9 Å². The van der Waals surface area contributed by atoms with E-state index in [9.17, 15) is 10.1 Å². The maximum atomic E-state index is 10.9. The molecule has 0 radical (unpaired) electrons. The number of nitrogens with zero attached hydrogens (tertiary/aromatic N) is 4. The number of rotatable bonds is 6. The molecule has 1 aromatic carbocycles. The van der Waals surface area contributed by atoms with Crippen LogP contribution in [-0.4, -0.2) is 48.6 Å². The van der Waals surface area contributed by atoms with E-state index in [4.69, 9.17) is 9.15 Å². The molecule has 1 aliphatic carbocycles. The van der Waals surface area contributed by atoms with Crippen LogP contribution in [0.4, 0.5) is 5.69 Å². The van der Waals surface area contributed by atoms with Crippen LogP contribution in [0.5, 0.6) is 0 Å². The Morgan fingerprint density at radius 2 is 1.80 bits per heavy atom. The van der Waals surface area contributed by atoms with Crippen molar-refractivity contribution in [3.8, 4) is 0 Å². The quantitative estimate of drug-likeness (QED) is 0.410. The Morgan fingerprint density at radius 1 is 1.03 bits per heavy atom. The van der Waals surface area contributed by atoms with Crippen molar-refractivity contribution in [3.05, 3.63) is 80.9 Å². The van der Waals surface area contributed by atoms with Gasteiger partial charge in [-0.25, -0.2) is 0 Å². The maximum absolute atomic E-state index is 10.9. The van der Waals surface area contributed by atoms with Gasteiger partial charge in [-0.15, -0.1) is 0 Å². The van der Waals surface area contributed by atoms with Crippen molar-refractivity contribution in [1.82, 2.24) is 4.90 Å². The average molecular weight is 406 g/mol. The van der Waals surface area contributed by atoms with Crippen LogP contribution in [0, 0.1) is 10.1 Å². The SMILES string of the molecule is O=[N+]([O-])c1ccc(C=C2CCC(C=NN=Cc3ccco3)=C2N2CCOCC2)cc1. The predicted octanol–water partition coefficient (Wildman–Crippen LogP) is 4.06. The summed E-state index contributed by atoms with van der Waals surface area (Å²) in [6, 6.07) is 10.2. The van der Waals surface area contributed by atoms with Crippen molar-refractivity contribution in [3.63, 3.8) is 0 Å².